The highest BCUT2D eigenvalue weighted by Gasteiger charge is 2.07. The first kappa shape index (κ1) is 16.0. The van der Waals surface area contributed by atoms with Crippen LogP contribution in [-0.2, 0) is 16.2 Å². The lowest BCUT2D eigenvalue weighted by atomic mass is 10.2. The van der Waals surface area contributed by atoms with Crippen molar-refractivity contribution in [1.29, 1.82) is 0 Å². The smallest absolute Gasteiger partial charge is 0.226 e. The largest absolute Gasteiger partial charge is 0.494 e. The van der Waals surface area contributed by atoms with E-state index in [4.69, 9.17) is 4.74 Å². The second-order valence-electron chi connectivity index (χ2n) is 4.19. The number of amides is 2. The SMILES string of the molecule is CCOc1ccc(NC(=O)CCNC(C)=O)cc1CO. The van der Waals surface area contributed by atoms with E-state index < -0.39 is 0 Å². The molecule has 0 saturated heterocycles. The van der Waals surface area contributed by atoms with Crippen LogP contribution in [0.3, 0.4) is 0 Å². The Hall–Kier alpha value is -2.08. The van der Waals surface area contributed by atoms with E-state index in [1.807, 2.05) is 6.92 Å². The third-order valence-electron chi connectivity index (χ3n) is 2.54. The van der Waals surface area contributed by atoms with Crippen molar-refractivity contribution in [2.24, 2.45) is 0 Å². The van der Waals surface area contributed by atoms with Gasteiger partial charge in [0.2, 0.25) is 11.8 Å². The van der Waals surface area contributed by atoms with E-state index in [0.717, 1.165) is 0 Å². The van der Waals surface area contributed by atoms with Crippen molar-refractivity contribution in [3.8, 4) is 5.75 Å². The molecule has 1 aromatic rings. The van der Waals surface area contributed by atoms with Crippen molar-refractivity contribution in [3.05, 3.63) is 23.8 Å². The molecule has 0 bridgehead atoms. The van der Waals surface area contributed by atoms with Crippen LogP contribution in [-0.4, -0.2) is 30.1 Å². The first-order valence-corrected chi connectivity index (χ1v) is 6.47. The van der Waals surface area contributed by atoms with Crippen LogP contribution in [0.1, 0.15) is 25.8 Å². The maximum absolute atomic E-state index is 11.6. The molecule has 0 fully saturated rings. The highest BCUT2D eigenvalue weighted by Crippen LogP contribution is 2.23. The van der Waals surface area contributed by atoms with E-state index in [2.05, 4.69) is 10.6 Å². The minimum absolute atomic E-state index is 0.162. The number of carbonyl (C=O) groups excluding carboxylic acids is 2. The minimum Gasteiger partial charge on any atom is -0.494 e. The molecule has 0 unspecified atom stereocenters. The quantitative estimate of drug-likeness (QED) is 0.696. The van der Waals surface area contributed by atoms with Crippen molar-refractivity contribution < 1.29 is 19.4 Å². The summed E-state index contributed by atoms with van der Waals surface area (Å²) in [4.78, 5) is 22.3. The summed E-state index contributed by atoms with van der Waals surface area (Å²) < 4.78 is 5.36. The lowest BCUT2D eigenvalue weighted by Crippen LogP contribution is -2.25. The Bertz CT molecular complexity index is 474. The Morgan fingerprint density at radius 1 is 1.35 bits per heavy atom. The predicted octanol–water partition coefficient (Wildman–Crippen LogP) is 1.04. The molecule has 0 atom stereocenters. The van der Waals surface area contributed by atoms with E-state index in [1.54, 1.807) is 18.2 Å². The molecule has 1 aromatic carbocycles. The number of benzene rings is 1. The van der Waals surface area contributed by atoms with Crippen LogP contribution < -0.4 is 15.4 Å². The van der Waals surface area contributed by atoms with E-state index in [1.165, 1.54) is 6.92 Å². The van der Waals surface area contributed by atoms with Gasteiger partial charge in [0.1, 0.15) is 5.75 Å². The summed E-state index contributed by atoms with van der Waals surface area (Å²) in [5, 5.41) is 14.5. The molecule has 1 rings (SSSR count). The van der Waals surface area contributed by atoms with Gasteiger partial charge in [-0.1, -0.05) is 0 Å². The normalized spacial score (nSPS) is 9.95. The molecule has 2 amide bonds. The fourth-order valence-corrected chi connectivity index (χ4v) is 1.65. The zero-order valence-electron chi connectivity index (χ0n) is 11.7. The average Bonchev–Trinajstić information content (AvgIpc) is 2.40. The Morgan fingerprint density at radius 3 is 2.70 bits per heavy atom. The predicted molar refractivity (Wildman–Crippen MR) is 75.5 cm³/mol. The molecule has 6 nitrogen and oxygen atoms in total. The molecule has 0 aromatic heterocycles. The van der Waals surface area contributed by atoms with Crippen LogP contribution in [0.2, 0.25) is 0 Å². The molecule has 3 N–H and O–H groups in total. The van der Waals surface area contributed by atoms with E-state index in [-0.39, 0.29) is 24.8 Å². The average molecular weight is 280 g/mol. The van der Waals surface area contributed by atoms with Gasteiger partial charge in [-0.2, -0.15) is 0 Å². The molecule has 20 heavy (non-hydrogen) atoms. The fraction of sp³-hybridized carbons (Fsp3) is 0.429. The molecule has 0 spiro atoms. The molecule has 6 heteroatoms. The summed E-state index contributed by atoms with van der Waals surface area (Å²) >= 11 is 0. The molecule has 0 aliphatic carbocycles. The van der Waals surface area contributed by atoms with E-state index in [0.29, 0.717) is 30.2 Å². The van der Waals surface area contributed by atoms with Gasteiger partial charge in [-0.15, -0.1) is 0 Å². The number of aliphatic hydroxyl groups excluding tert-OH is 1. The summed E-state index contributed by atoms with van der Waals surface area (Å²) in [6.45, 7) is 3.90. The Kier molecular flexibility index (Phi) is 6.52. The van der Waals surface area contributed by atoms with Gasteiger partial charge in [-0.25, -0.2) is 0 Å². The highest BCUT2D eigenvalue weighted by atomic mass is 16.5. The van der Waals surface area contributed by atoms with Crippen LogP contribution >= 0.6 is 0 Å². The van der Waals surface area contributed by atoms with Crippen LogP contribution in [0.25, 0.3) is 0 Å². The van der Waals surface area contributed by atoms with Gasteiger partial charge in [0.25, 0.3) is 0 Å². The number of carbonyl (C=O) groups is 2. The molecular formula is C14H20N2O4. The van der Waals surface area contributed by atoms with Crippen LogP contribution in [0.4, 0.5) is 5.69 Å². The molecule has 110 valence electrons. The second-order valence-corrected chi connectivity index (χ2v) is 4.19. The summed E-state index contributed by atoms with van der Waals surface area (Å²) in [7, 11) is 0. The van der Waals surface area contributed by atoms with Crippen LogP contribution in [0.15, 0.2) is 18.2 Å². The number of hydrogen-bond donors (Lipinski definition) is 3. The first-order chi connectivity index (χ1) is 9.56. The van der Waals surface area contributed by atoms with E-state index >= 15 is 0 Å². The zero-order valence-corrected chi connectivity index (χ0v) is 11.7. The maximum atomic E-state index is 11.6. The number of aliphatic hydroxyl groups is 1. The van der Waals surface area contributed by atoms with Crippen molar-refractivity contribution >= 4 is 17.5 Å². The first-order valence-electron chi connectivity index (χ1n) is 6.47. The van der Waals surface area contributed by atoms with Crippen molar-refractivity contribution in [3.63, 3.8) is 0 Å². The highest BCUT2D eigenvalue weighted by molar-refractivity contribution is 5.91. The number of anilines is 1. The summed E-state index contributed by atoms with van der Waals surface area (Å²) in [5.41, 5.74) is 1.21. The fourth-order valence-electron chi connectivity index (χ4n) is 1.65. The van der Waals surface area contributed by atoms with Gasteiger partial charge in [-0.05, 0) is 25.1 Å². The van der Waals surface area contributed by atoms with Crippen molar-refractivity contribution in [2.75, 3.05) is 18.5 Å². The van der Waals surface area contributed by atoms with Gasteiger partial charge in [0, 0.05) is 31.1 Å². The van der Waals surface area contributed by atoms with Gasteiger partial charge in [0.15, 0.2) is 0 Å². The number of ether oxygens (including phenoxy) is 1. The minimum atomic E-state index is -0.202. The maximum Gasteiger partial charge on any atom is 0.226 e. The summed E-state index contributed by atoms with van der Waals surface area (Å²) in [6, 6.07) is 5.08. The molecule has 0 aliphatic heterocycles. The standard InChI is InChI=1S/C14H20N2O4/c1-3-20-13-5-4-12(8-11(13)9-17)16-14(19)6-7-15-10(2)18/h4-5,8,17H,3,6-7,9H2,1-2H3,(H,15,18)(H,16,19). The molecule has 0 heterocycles. The monoisotopic (exact) mass is 280 g/mol. The van der Waals surface area contributed by atoms with Crippen LogP contribution in [0.5, 0.6) is 5.75 Å². The second kappa shape index (κ2) is 8.16. The van der Waals surface area contributed by atoms with E-state index in [9.17, 15) is 14.7 Å². The lowest BCUT2D eigenvalue weighted by Gasteiger charge is -2.11. The van der Waals surface area contributed by atoms with Crippen molar-refractivity contribution in [2.45, 2.75) is 26.9 Å². The van der Waals surface area contributed by atoms with Crippen molar-refractivity contribution in [1.82, 2.24) is 5.32 Å². The molecular weight excluding hydrogens is 260 g/mol. The third kappa shape index (κ3) is 5.27. The topological polar surface area (TPSA) is 87.7 Å². The lowest BCUT2D eigenvalue weighted by molar-refractivity contribution is -0.119. The van der Waals surface area contributed by atoms with Gasteiger partial charge >= 0.3 is 0 Å². The van der Waals surface area contributed by atoms with Crippen LogP contribution in [0, 0.1) is 0 Å². The number of nitrogens with one attached hydrogen (secondary N) is 2. The van der Waals surface area contributed by atoms with Gasteiger partial charge < -0.3 is 20.5 Å². The van der Waals surface area contributed by atoms with Gasteiger partial charge in [0.05, 0.1) is 13.2 Å². The summed E-state index contributed by atoms with van der Waals surface area (Å²) in [6.07, 6.45) is 0.196. The molecule has 0 saturated carbocycles. The summed E-state index contributed by atoms with van der Waals surface area (Å²) in [5.74, 6) is 0.236. The number of rotatable bonds is 7. The Labute approximate surface area is 118 Å². The van der Waals surface area contributed by atoms with Gasteiger partial charge in [-0.3, -0.25) is 9.59 Å². The molecule has 0 radical (unpaired) electrons. The Balaban J connectivity index is 2.59. The third-order valence-corrected chi connectivity index (χ3v) is 2.54. The Morgan fingerprint density at radius 2 is 2.10 bits per heavy atom. The molecule has 0 aliphatic rings. The zero-order chi connectivity index (χ0) is 15.0. The number of hydrogen-bond acceptors (Lipinski definition) is 4.